The molecule has 1 aromatic rings. The Morgan fingerprint density at radius 2 is 2.19 bits per heavy atom. The summed E-state index contributed by atoms with van der Waals surface area (Å²) >= 11 is 0. The number of nitrogens with one attached hydrogen (secondary N) is 1. The fourth-order valence-corrected chi connectivity index (χ4v) is 2.00. The normalized spacial score (nSPS) is 15.0. The molecule has 0 atom stereocenters. The first-order chi connectivity index (χ1) is 7.70. The fraction of sp³-hybridized carbons (Fsp3) is 0.667. The Morgan fingerprint density at radius 3 is 2.88 bits per heavy atom. The van der Waals surface area contributed by atoms with E-state index in [1.54, 1.807) is 7.11 Å². The van der Waals surface area contributed by atoms with Crippen molar-refractivity contribution in [3.8, 4) is 5.88 Å². The van der Waals surface area contributed by atoms with Crippen molar-refractivity contribution in [3.63, 3.8) is 0 Å². The Morgan fingerprint density at radius 1 is 1.38 bits per heavy atom. The molecule has 0 amide bonds. The summed E-state index contributed by atoms with van der Waals surface area (Å²) in [6.45, 7) is 6.16. The Bertz CT molecular complexity index is 360. The zero-order chi connectivity index (χ0) is 11.5. The number of fused-ring (bicyclic) bond motifs is 1. The van der Waals surface area contributed by atoms with Gasteiger partial charge in [-0.1, -0.05) is 13.8 Å². The molecule has 0 radical (unpaired) electrons. The average Bonchev–Trinajstić information content (AvgIpc) is 2.27. The van der Waals surface area contributed by atoms with Gasteiger partial charge < -0.3 is 10.1 Å². The quantitative estimate of drug-likeness (QED) is 0.836. The fourth-order valence-electron chi connectivity index (χ4n) is 2.00. The predicted molar refractivity (Wildman–Crippen MR) is 62.5 cm³/mol. The predicted octanol–water partition coefficient (Wildman–Crippen LogP) is 1.33. The van der Waals surface area contributed by atoms with Crippen LogP contribution in [0.3, 0.4) is 0 Å². The van der Waals surface area contributed by atoms with Crippen molar-refractivity contribution in [2.45, 2.75) is 33.2 Å². The van der Waals surface area contributed by atoms with Gasteiger partial charge in [-0.15, -0.1) is 0 Å². The van der Waals surface area contributed by atoms with Crippen molar-refractivity contribution in [2.24, 2.45) is 5.92 Å². The molecule has 0 aromatic carbocycles. The topological polar surface area (TPSA) is 47.0 Å². The summed E-state index contributed by atoms with van der Waals surface area (Å²) in [7, 11) is 1.68. The molecule has 0 aliphatic carbocycles. The van der Waals surface area contributed by atoms with E-state index in [4.69, 9.17) is 4.74 Å². The molecule has 0 bridgehead atoms. The molecule has 0 saturated carbocycles. The largest absolute Gasteiger partial charge is 0.481 e. The van der Waals surface area contributed by atoms with E-state index in [0.29, 0.717) is 5.92 Å². The highest BCUT2D eigenvalue weighted by atomic mass is 16.5. The average molecular weight is 221 g/mol. The van der Waals surface area contributed by atoms with Crippen LogP contribution in [-0.4, -0.2) is 23.6 Å². The zero-order valence-corrected chi connectivity index (χ0v) is 10.2. The minimum Gasteiger partial charge on any atom is -0.481 e. The number of hydrogen-bond donors (Lipinski definition) is 1. The van der Waals surface area contributed by atoms with Crippen molar-refractivity contribution in [1.82, 2.24) is 15.3 Å². The summed E-state index contributed by atoms with van der Waals surface area (Å²) in [4.78, 5) is 9.09. The second-order valence-corrected chi connectivity index (χ2v) is 4.60. The number of nitrogens with zero attached hydrogens (tertiary/aromatic N) is 2. The van der Waals surface area contributed by atoms with Gasteiger partial charge in [0.15, 0.2) is 0 Å². The number of ether oxygens (including phenoxy) is 1. The third-order valence-electron chi connectivity index (χ3n) is 2.73. The van der Waals surface area contributed by atoms with Gasteiger partial charge in [0.05, 0.1) is 12.8 Å². The van der Waals surface area contributed by atoms with Gasteiger partial charge in [-0.3, -0.25) is 0 Å². The van der Waals surface area contributed by atoms with Gasteiger partial charge in [-0.25, -0.2) is 4.98 Å². The molecule has 1 aromatic heterocycles. The van der Waals surface area contributed by atoms with Gasteiger partial charge in [-0.2, -0.15) is 4.98 Å². The molecule has 1 aliphatic heterocycles. The lowest BCUT2D eigenvalue weighted by Gasteiger charge is -2.19. The van der Waals surface area contributed by atoms with Crippen LogP contribution in [0.2, 0.25) is 0 Å². The maximum atomic E-state index is 5.36. The van der Waals surface area contributed by atoms with E-state index < -0.39 is 0 Å². The number of aromatic nitrogens is 2. The van der Waals surface area contributed by atoms with Crippen LogP contribution in [0.1, 0.15) is 30.9 Å². The summed E-state index contributed by atoms with van der Waals surface area (Å²) in [6.07, 6.45) is 1.87. The minimum atomic E-state index is 0.569. The van der Waals surface area contributed by atoms with Gasteiger partial charge in [0.2, 0.25) is 5.88 Å². The second-order valence-electron chi connectivity index (χ2n) is 4.60. The van der Waals surface area contributed by atoms with Crippen LogP contribution in [0.4, 0.5) is 0 Å². The third kappa shape index (κ3) is 2.32. The first-order valence-electron chi connectivity index (χ1n) is 5.84. The van der Waals surface area contributed by atoms with Crippen LogP contribution in [0.5, 0.6) is 5.88 Å². The molecule has 4 heteroatoms. The molecule has 16 heavy (non-hydrogen) atoms. The molecule has 2 heterocycles. The smallest absolute Gasteiger partial charge is 0.219 e. The third-order valence-corrected chi connectivity index (χ3v) is 2.73. The second kappa shape index (κ2) is 4.78. The molecule has 0 saturated heterocycles. The standard InChI is InChI=1S/C12H19N3O/c1-8(2)6-11-14-10-7-13-5-4-9(10)12(15-11)16-3/h8,13H,4-7H2,1-3H3. The van der Waals surface area contributed by atoms with Gasteiger partial charge in [0.1, 0.15) is 5.82 Å². The number of methoxy groups -OCH3 is 1. The van der Waals surface area contributed by atoms with E-state index in [2.05, 4.69) is 29.1 Å². The molecule has 2 rings (SSSR count). The highest BCUT2D eigenvalue weighted by Crippen LogP contribution is 2.22. The minimum absolute atomic E-state index is 0.569. The van der Waals surface area contributed by atoms with Gasteiger partial charge in [-0.05, 0) is 18.9 Å². The Hall–Kier alpha value is -1.16. The summed E-state index contributed by atoms with van der Waals surface area (Å²) in [5.74, 6) is 2.23. The van der Waals surface area contributed by atoms with Gasteiger partial charge in [0.25, 0.3) is 0 Å². The van der Waals surface area contributed by atoms with Crippen molar-refractivity contribution in [1.29, 1.82) is 0 Å². The molecule has 1 N–H and O–H groups in total. The maximum Gasteiger partial charge on any atom is 0.219 e. The van der Waals surface area contributed by atoms with Crippen LogP contribution in [0.15, 0.2) is 0 Å². The summed E-state index contributed by atoms with van der Waals surface area (Å²) < 4.78 is 5.36. The molecule has 0 fully saturated rings. The summed E-state index contributed by atoms with van der Waals surface area (Å²) in [5.41, 5.74) is 2.28. The van der Waals surface area contributed by atoms with Crippen LogP contribution in [0, 0.1) is 5.92 Å². The van der Waals surface area contributed by atoms with Crippen LogP contribution in [-0.2, 0) is 19.4 Å². The van der Waals surface area contributed by atoms with Gasteiger partial charge in [0, 0.05) is 18.5 Å². The van der Waals surface area contributed by atoms with E-state index in [1.807, 2.05) is 0 Å². The molecule has 0 spiro atoms. The Kier molecular flexibility index (Phi) is 3.39. The molecule has 4 nitrogen and oxygen atoms in total. The van der Waals surface area contributed by atoms with Crippen LogP contribution < -0.4 is 10.1 Å². The molecular formula is C12H19N3O. The SMILES string of the molecule is COc1nc(CC(C)C)nc2c1CCNC2. The van der Waals surface area contributed by atoms with Crippen molar-refractivity contribution < 1.29 is 4.74 Å². The van der Waals surface area contributed by atoms with Crippen molar-refractivity contribution in [2.75, 3.05) is 13.7 Å². The molecule has 0 unspecified atom stereocenters. The van der Waals surface area contributed by atoms with E-state index in [-0.39, 0.29) is 0 Å². The lowest BCUT2D eigenvalue weighted by Crippen LogP contribution is -2.26. The molecule has 88 valence electrons. The zero-order valence-electron chi connectivity index (χ0n) is 10.2. The van der Waals surface area contributed by atoms with Crippen molar-refractivity contribution >= 4 is 0 Å². The van der Waals surface area contributed by atoms with E-state index in [1.165, 1.54) is 5.56 Å². The van der Waals surface area contributed by atoms with Gasteiger partial charge >= 0.3 is 0 Å². The van der Waals surface area contributed by atoms with E-state index in [9.17, 15) is 0 Å². The maximum absolute atomic E-state index is 5.36. The van der Waals surface area contributed by atoms with E-state index in [0.717, 1.165) is 43.3 Å². The number of hydrogen-bond acceptors (Lipinski definition) is 4. The lowest BCUT2D eigenvalue weighted by molar-refractivity contribution is 0.382. The number of rotatable bonds is 3. The first-order valence-corrected chi connectivity index (χ1v) is 5.84. The van der Waals surface area contributed by atoms with Crippen LogP contribution >= 0.6 is 0 Å². The molecule has 1 aliphatic rings. The van der Waals surface area contributed by atoms with E-state index >= 15 is 0 Å². The molecular weight excluding hydrogens is 202 g/mol. The lowest BCUT2D eigenvalue weighted by atomic mass is 10.1. The summed E-state index contributed by atoms with van der Waals surface area (Å²) in [6, 6.07) is 0. The summed E-state index contributed by atoms with van der Waals surface area (Å²) in [5, 5.41) is 3.33. The highest BCUT2D eigenvalue weighted by molar-refractivity contribution is 5.33. The highest BCUT2D eigenvalue weighted by Gasteiger charge is 2.18. The van der Waals surface area contributed by atoms with Crippen LogP contribution in [0.25, 0.3) is 0 Å². The monoisotopic (exact) mass is 221 g/mol. The first kappa shape index (κ1) is 11.3. The van der Waals surface area contributed by atoms with Crippen molar-refractivity contribution in [3.05, 3.63) is 17.1 Å². The Labute approximate surface area is 96.4 Å². The Balaban J connectivity index is 2.35.